The smallest absolute Gasteiger partial charge is 0.240 e. The van der Waals surface area contributed by atoms with Crippen LogP contribution < -0.4 is 5.32 Å². The molecule has 82 valence electrons. The van der Waals surface area contributed by atoms with E-state index in [2.05, 4.69) is 10.4 Å². The van der Waals surface area contributed by atoms with Crippen molar-refractivity contribution in [3.8, 4) is 0 Å². The van der Waals surface area contributed by atoms with E-state index in [4.69, 9.17) is 16.3 Å². The maximum absolute atomic E-state index is 11.0. The van der Waals surface area contributed by atoms with Gasteiger partial charge in [0.1, 0.15) is 5.88 Å². The number of aromatic nitrogens is 2. The highest BCUT2D eigenvalue weighted by atomic mass is 35.5. The highest BCUT2D eigenvalue weighted by Gasteiger charge is 2.18. The molecule has 1 amide bonds. The number of nitrogens with one attached hydrogen (secondary N) is 1. The highest BCUT2D eigenvalue weighted by Crippen LogP contribution is 2.18. The predicted octanol–water partition coefficient (Wildman–Crippen LogP) is 1.02. The molecule has 1 aromatic heterocycles. The quantitative estimate of drug-likeness (QED) is 0.788. The minimum Gasteiger partial charge on any atom is -0.379 e. The first-order valence-electron chi connectivity index (χ1n) is 4.78. The molecule has 1 aliphatic rings. The van der Waals surface area contributed by atoms with E-state index in [9.17, 15) is 4.79 Å². The van der Waals surface area contributed by atoms with E-state index >= 15 is 0 Å². The predicted molar refractivity (Wildman–Crippen MR) is 56.0 cm³/mol. The number of nitrogens with zero attached hydrogens (tertiary/aromatic N) is 2. The summed E-state index contributed by atoms with van der Waals surface area (Å²) in [5.41, 5.74) is 0. The Morgan fingerprint density at radius 3 is 3.33 bits per heavy atom. The summed E-state index contributed by atoms with van der Waals surface area (Å²) in [6.45, 7) is 1.46. The molecule has 6 heteroatoms. The molecule has 2 heterocycles. The van der Waals surface area contributed by atoms with Crippen molar-refractivity contribution in [2.24, 2.45) is 0 Å². The van der Waals surface area contributed by atoms with Crippen molar-refractivity contribution in [1.82, 2.24) is 9.78 Å². The number of hydrogen-bond acceptors (Lipinski definition) is 3. The normalized spacial score (nSPS) is 20.5. The summed E-state index contributed by atoms with van der Waals surface area (Å²) in [6.07, 6.45) is 2.80. The van der Waals surface area contributed by atoms with Gasteiger partial charge in [0.2, 0.25) is 5.91 Å². The lowest BCUT2D eigenvalue weighted by Crippen LogP contribution is -2.14. The van der Waals surface area contributed by atoms with E-state index in [0.717, 1.165) is 13.0 Å². The summed E-state index contributed by atoms with van der Waals surface area (Å²) >= 11 is 5.37. The Hall–Kier alpha value is -1.07. The van der Waals surface area contributed by atoms with Gasteiger partial charge in [0.05, 0.1) is 12.6 Å². The number of carbonyl (C=O) groups is 1. The summed E-state index contributed by atoms with van der Waals surface area (Å²) in [5.74, 6) is 0.233. The van der Waals surface area contributed by atoms with Gasteiger partial charge in [0, 0.05) is 18.9 Å². The topological polar surface area (TPSA) is 56.2 Å². The summed E-state index contributed by atoms with van der Waals surface area (Å²) in [4.78, 5) is 11.0. The van der Waals surface area contributed by atoms with Gasteiger partial charge in [0.15, 0.2) is 5.82 Å². The molecule has 5 nitrogen and oxygen atoms in total. The fraction of sp³-hybridized carbons (Fsp3) is 0.556. The molecule has 1 aromatic rings. The molecule has 15 heavy (non-hydrogen) atoms. The Kier molecular flexibility index (Phi) is 3.23. The molecule has 1 saturated heterocycles. The SMILES string of the molecule is O=C(CCl)Nc1ccn(C2CCOC2)n1. The third kappa shape index (κ3) is 2.49. The lowest BCUT2D eigenvalue weighted by atomic mass is 10.3. The Balaban J connectivity index is 2.00. The minimum atomic E-state index is -0.246. The van der Waals surface area contributed by atoms with Crippen molar-refractivity contribution in [3.05, 3.63) is 12.3 Å². The molecular weight excluding hydrogens is 218 g/mol. The minimum absolute atomic E-state index is 0.0562. The molecular formula is C9H12ClN3O2. The van der Waals surface area contributed by atoms with Crippen LogP contribution in [-0.4, -0.2) is 34.8 Å². The van der Waals surface area contributed by atoms with Crippen molar-refractivity contribution in [3.63, 3.8) is 0 Å². The fourth-order valence-electron chi connectivity index (χ4n) is 1.52. The largest absolute Gasteiger partial charge is 0.379 e. The Bertz CT molecular complexity index is 347. The van der Waals surface area contributed by atoms with Crippen LogP contribution in [0.25, 0.3) is 0 Å². The van der Waals surface area contributed by atoms with Crippen LogP contribution >= 0.6 is 11.6 Å². The zero-order valence-electron chi connectivity index (χ0n) is 8.15. The number of carbonyl (C=O) groups excluding carboxylic acids is 1. The lowest BCUT2D eigenvalue weighted by Gasteiger charge is -2.07. The van der Waals surface area contributed by atoms with Crippen LogP contribution in [0, 0.1) is 0 Å². The van der Waals surface area contributed by atoms with Gasteiger partial charge in [0.25, 0.3) is 0 Å². The zero-order valence-corrected chi connectivity index (χ0v) is 8.91. The molecule has 0 saturated carbocycles. The van der Waals surface area contributed by atoms with Gasteiger partial charge in [-0.15, -0.1) is 11.6 Å². The van der Waals surface area contributed by atoms with E-state index < -0.39 is 0 Å². The average molecular weight is 230 g/mol. The van der Waals surface area contributed by atoms with Gasteiger partial charge < -0.3 is 10.1 Å². The summed E-state index contributed by atoms with van der Waals surface area (Å²) in [6, 6.07) is 2.04. The second kappa shape index (κ2) is 4.63. The second-order valence-electron chi connectivity index (χ2n) is 3.38. The summed E-state index contributed by atoms with van der Waals surface area (Å²) < 4.78 is 7.07. The summed E-state index contributed by atoms with van der Waals surface area (Å²) in [5, 5.41) is 6.82. The van der Waals surface area contributed by atoms with Crippen LogP contribution in [-0.2, 0) is 9.53 Å². The fourth-order valence-corrected chi connectivity index (χ4v) is 1.58. The molecule has 0 radical (unpaired) electrons. The van der Waals surface area contributed by atoms with Gasteiger partial charge >= 0.3 is 0 Å². The standard InChI is InChI=1S/C9H12ClN3O2/c10-5-9(14)11-8-1-3-13(12-8)7-2-4-15-6-7/h1,3,7H,2,4-6H2,(H,11,12,14). The van der Waals surface area contributed by atoms with E-state index in [-0.39, 0.29) is 17.8 Å². The Morgan fingerprint density at radius 2 is 2.67 bits per heavy atom. The van der Waals surface area contributed by atoms with Crippen LogP contribution in [0.1, 0.15) is 12.5 Å². The van der Waals surface area contributed by atoms with Gasteiger partial charge in [-0.25, -0.2) is 0 Å². The van der Waals surface area contributed by atoms with E-state index in [1.54, 1.807) is 6.07 Å². The molecule has 0 spiro atoms. The zero-order chi connectivity index (χ0) is 10.7. The highest BCUT2D eigenvalue weighted by molar-refractivity contribution is 6.28. The van der Waals surface area contributed by atoms with Crippen LogP contribution in [0.5, 0.6) is 0 Å². The van der Waals surface area contributed by atoms with Crippen LogP contribution in [0.3, 0.4) is 0 Å². The first-order chi connectivity index (χ1) is 7.29. The first kappa shape index (κ1) is 10.4. The Morgan fingerprint density at radius 1 is 1.80 bits per heavy atom. The van der Waals surface area contributed by atoms with E-state index in [1.165, 1.54) is 0 Å². The van der Waals surface area contributed by atoms with Crippen molar-refractivity contribution < 1.29 is 9.53 Å². The number of hydrogen-bond donors (Lipinski definition) is 1. The second-order valence-corrected chi connectivity index (χ2v) is 3.65. The molecule has 0 bridgehead atoms. The lowest BCUT2D eigenvalue weighted by molar-refractivity contribution is -0.113. The van der Waals surface area contributed by atoms with Crippen molar-refractivity contribution in [2.75, 3.05) is 24.4 Å². The molecule has 1 unspecified atom stereocenters. The van der Waals surface area contributed by atoms with Crippen molar-refractivity contribution in [1.29, 1.82) is 0 Å². The maximum Gasteiger partial charge on any atom is 0.240 e. The van der Waals surface area contributed by atoms with Gasteiger partial charge in [-0.05, 0) is 6.42 Å². The number of ether oxygens (including phenoxy) is 1. The van der Waals surface area contributed by atoms with Crippen molar-refractivity contribution >= 4 is 23.3 Å². The Labute approximate surface area is 92.4 Å². The van der Waals surface area contributed by atoms with Crippen LogP contribution in [0.15, 0.2) is 12.3 Å². The monoisotopic (exact) mass is 229 g/mol. The molecule has 1 N–H and O–H groups in total. The summed E-state index contributed by atoms with van der Waals surface area (Å²) in [7, 11) is 0. The van der Waals surface area contributed by atoms with Crippen molar-refractivity contribution in [2.45, 2.75) is 12.5 Å². The number of halogens is 1. The van der Waals surface area contributed by atoms with Gasteiger partial charge in [-0.1, -0.05) is 0 Å². The molecule has 1 fully saturated rings. The average Bonchev–Trinajstić information content (AvgIpc) is 2.85. The third-order valence-corrected chi connectivity index (χ3v) is 2.52. The number of alkyl halides is 1. The van der Waals surface area contributed by atoms with Gasteiger partial charge in [-0.2, -0.15) is 5.10 Å². The van der Waals surface area contributed by atoms with Crippen LogP contribution in [0.2, 0.25) is 0 Å². The van der Waals surface area contributed by atoms with Crippen LogP contribution in [0.4, 0.5) is 5.82 Å². The van der Waals surface area contributed by atoms with Gasteiger partial charge in [-0.3, -0.25) is 9.48 Å². The molecule has 2 rings (SSSR count). The molecule has 0 aliphatic carbocycles. The molecule has 0 aromatic carbocycles. The number of amides is 1. The van der Waals surface area contributed by atoms with E-state index in [0.29, 0.717) is 12.4 Å². The molecule has 1 atom stereocenters. The van der Waals surface area contributed by atoms with E-state index in [1.807, 2.05) is 10.9 Å². The first-order valence-corrected chi connectivity index (χ1v) is 5.32. The maximum atomic E-state index is 11.0. The number of rotatable bonds is 3. The number of anilines is 1. The third-order valence-electron chi connectivity index (χ3n) is 2.28. The molecule has 1 aliphatic heterocycles.